The number of amides is 1. The fourth-order valence-electron chi connectivity index (χ4n) is 2.46. The van der Waals surface area contributed by atoms with Crippen LogP contribution < -0.4 is 21.5 Å². The molecule has 0 aliphatic heterocycles. The highest BCUT2D eigenvalue weighted by Crippen LogP contribution is 2.30. The first kappa shape index (κ1) is 20.4. The first-order valence-corrected chi connectivity index (χ1v) is 9.06. The van der Waals surface area contributed by atoms with Crippen molar-refractivity contribution in [3.63, 3.8) is 0 Å². The van der Waals surface area contributed by atoms with Crippen molar-refractivity contribution in [3.8, 4) is 5.75 Å². The van der Waals surface area contributed by atoms with E-state index in [0.717, 1.165) is 17.6 Å². The Balaban J connectivity index is 2.00. The monoisotopic (exact) mass is 438 g/mol. The van der Waals surface area contributed by atoms with Crippen molar-refractivity contribution < 1.29 is 18.3 Å². The van der Waals surface area contributed by atoms with Crippen LogP contribution in [0.5, 0.6) is 5.75 Å². The number of fused-ring (bicyclic) bond motifs is 1. The number of nitrogens with two attached hydrogens (primary N) is 2. The van der Waals surface area contributed by atoms with Crippen molar-refractivity contribution in [1.29, 1.82) is 5.41 Å². The molecule has 0 atom stereocenters. The van der Waals surface area contributed by atoms with Crippen molar-refractivity contribution in [2.75, 3.05) is 5.73 Å². The van der Waals surface area contributed by atoms with Gasteiger partial charge in [0.25, 0.3) is 5.91 Å². The predicted octanol–water partition coefficient (Wildman–Crippen LogP) is 3.24. The number of anilines is 1. The summed E-state index contributed by atoms with van der Waals surface area (Å²) in [7, 11) is 0. The van der Waals surface area contributed by atoms with Gasteiger partial charge in [-0.3, -0.25) is 9.78 Å². The zero-order valence-corrected chi connectivity index (χ0v) is 16.0. The average Bonchev–Trinajstić information content (AvgIpc) is 3.06. The van der Waals surface area contributed by atoms with Gasteiger partial charge >= 0.3 is 6.61 Å². The van der Waals surface area contributed by atoms with Crippen molar-refractivity contribution >= 4 is 56.1 Å². The summed E-state index contributed by atoms with van der Waals surface area (Å²) in [5.74, 6) is -0.917. The minimum absolute atomic E-state index is 0.00848. The van der Waals surface area contributed by atoms with E-state index in [1.54, 1.807) is 0 Å². The van der Waals surface area contributed by atoms with Crippen LogP contribution in [0.25, 0.3) is 15.9 Å². The summed E-state index contributed by atoms with van der Waals surface area (Å²) in [5, 5.41) is 10.5. The molecule has 0 saturated heterocycles. The van der Waals surface area contributed by atoms with Crippen LogP contribution in [0.4, 0.5) is 13.9 Å². The summed E-state index contributed by atoms with van der Waals surface area (Å²) >= 11 is 7.08. The molecular formula is C17H13ClF2N6O2S. The van der Waals surface area contributed by atoms with Crippen molar-refractivity contribution in [2.24, 2.45) is 5.73 Å². The molecule has 0 aliphatic rings. The number of benzene rings is 1. The van der Waals surface area contributed by atoms with Gasteiger partial charge in [-0.05, 0) is 18.2 Å². The fourth-order valence-corrected chi connectivity index (χ4v) is 3.36. The van der Waals surface area contributed by atoms with E-state index >= 15 is 0 Å². The van der Waals surface area contributed by atoms with Gasteiger partial charge in [0, 0.05) is 29.2 Å². The van der Waals surface area contributed by atoms with Gasteiger partial charge in [0.15, 0.2) is 5.13 Å². The number of hydrogen-bond acceptors (Lipinski definition) is 8. The summed E-state index contributed by atoms with van der Waals surface area (Å²) in [6, 6.07) is 3.84. The number of nitrogens with zero attached hydrogens (tertiary/aromatic N) is 2. The van der Waals surface area contributed by atoms with Crippen LogP contribution in [0.15, 0.2) is 36.3 Å². The fraction of sp³-hybridized carbons (Fsp3) is 0.0588. The number of nitrogen functional groups attached to an aromatic ring is 1. The van der Waals surface area contributed by atoms with Crippen LogP contribution in [-0.2, 0) is 0 Å². The first-order valence-electron chi connectivity index (χ1n) is 7.86. The number of aromatic nitrogens is 2. The number of alkyl halides is 2. The van der Waals surface area contributed by atoms with E-state index < -0.39 is 12.5 Å². The van der Waals surface area contributed by atoms with Crippen LogP contribution in [0, 0.1) is 5.41 Å². The number of hydrogen-bond donors (Lipinski definition) is 4. The molecule has 0 fully saturated rings. The molecule has 3 aromatic rings. The second kappa shape index (κ2) is 8.37. The largest absolute Gasteiger partial charge is 0.434 e. The molecule has 0 bridgehead atoms. The SMILES string of the molecule is N=CC(NC(=O)c1cncc2sc(N)nc12)=C(N)c1cc(Cl)ccc1OC(F)F. The molecule has 0 saturated carbocycles. The smallest absolute Gasteiger partial charge is 0.387 e. The lowest BCUT2D eigenvalue weighted by molar-refractivity contribution is -0.0500. The Morgan fingerprint density at radius 2 is 2.10 bits per heavy atom. The lowest BCUT2D eigenvalue weighted by Crippen LogP contribution is -2.26. The zero-order valence-electron chi connectivity index (χ0n) is 14.4. The van der Waals surface area contributed by atoms with Gasteiger partial charge in [0.05, 0.1) is 27.2 Å². The Bertz CT molecular complexity index is 1130. The van der Waals surface area contributed by atoms with Gasteiger partial charge in [-0.2, -0.15) is 8.78 Å². The number of allylic oxidation sites excluding steroid dienone is 1. The third-order valence-corrected chi connectivity index (χ3v) is 4.75. The number of pyridine rings is 1. The normalized spacial score (nSPS) is 12.0. The summed E-state index contributed by atoms with van der Waals surface area (Å²) in [5.41, 5.74) is 11.8. The second-order valence-corrected chi connectivity index (χ2v) is 7.03. The number of carbonyl (C=O) groups excluding carboxylic acids is 1. The molecular weight excluding hydrogens is 426 g/mol. The van der Waals surface area contributed by atoms with E-state index in [1.807, 2.05) is 0 Å². The summed E-state index contributed by atoms with van der Waals surface area (Å²) in [6.45, 7) is -3.10. The van der Waals surface area contributed by atoms with Gasteiger partial charge in [0.1, 0.15) is 5.75 Å². The molecule has 0 aliphatic carbocycles. The van der Waals surface area contributed by atoms with Crippen LogP contribution in [0.2, 0.25) is 5.02 Å². The molecule has 2 heterocycles. The maximum Gasteiger partial charge on any atom is 0.387 e. The van der Waals surface area contributed by atoms with E-state index in [2.05, 4.69) is 20.0 Å². The minimum atomic E-state index is -3.10. The molecule has 1 aromatic carbocycles. The van der Waals surface area contributed by atoms with Crippen molar-refractivity contribution in [3.05, 3.63) is 52.4 Å². The van der Waals surface area contributed by atoms with E-state index in [9.17, 15) is 13.6 Å². The third-order valence-electron chi connectivity index (χ3n) is 3.70. The Morgan fingerprint density at radius 3 is 2.79 bits per heavy atom. The van der Waals surface area contributed by atoms with E-state index in [4.69, 9.17) is 28.5 Å². The lowest BCUT2D eigenvalue weighted by Gasteiger charge is -2.14. The quantitative estimate of drug-likeness (QED) is 0.435. The minimum Gasteiger partial charge on any atom is -0.434 e. The van der Waals surface area contributed by atoms with Gasteiger partial charge in [0.2, 0.25) is 0 Å². The van der Waals surface area contributed by atoms with Crippen LogP contribution in [0.1, 0.15) is 15.9 Å². The molecule has 0 unspecified atom stereocenters. The van der Waals surface area contributed by atoms with E-state index in [1.165, 1.54) is 30.6 Å². The predicted molar refractivity (Wildman–Crippen MR) is 107 cm³/mol. The highest BCUT2D eigenvalue weighted by Gasteiger charge is 2.19. The number of carbonyl (C=O) groups is 1. The van der Waals surface area contributed by atoms with Crippen LogP contribution in [0.3, 0.4) is 0 Å². The summed E-state index contributed by atoms with van der Waals surface area (Å²) in [6.07, 6.45) is 3.57. The van der Waals surface area contributed by atoms with Crippen LogP contribution in [-0.4, -0.2) is 28.7 Å². The Hall–Kier alpha value is -3.31. The molecule has 2 aromatic heterocycles. The molecule has 6 N–H and O–H groups in total. The van der Waals surface area contributed by atoms with Crippen molar-refractivity contribution in [2.45, 2.75) is 6.61 Å². The number of thiazole rings is 1. The first-order chi connectivity index (χ1) is 13.8. The molecule has 8 nitrogen and oxygen atoms in total. The van der Waals surface area contributed by atoms with E-state index in [-0.39, 0.29) is 38.4 Å². The highest BCUT2D eigenvalue weighted by atomic mass is 35.5. The standard InChI is InChI=1S/C17H13ClF2N6O2S/c18-7-1-2-11(28-16(19)20)8(3-7)13(22)10(4-21)25-15(27)9-5-24-6-12-14(9)26-17(23)29-12/h1-6,16,21H,22H2,(H2,23,26)(H,25,27). The number of halogens is 3. The van der Waals surface area contributed by atoms with Gasteiger partial charge in [-0.25, -0.2) is 4.98 Å². The van der Waals surface area contributed by atoms with Gasteiger partial charge in [-0.15, -0.1) is 0 Å². The van der Waals surface area contributed by atoms with Gasteiger partial charge < -0.3 is 26.9 Å². The number of rotatable bonds is 6. The summed E-state index contributed by atoms with van der Waals surface area (Å²) in [4.78, 5) is 20.8. The molecule has 29 heavy (non-hydrogen) atoms. The number of nitrogens with one attached hydrogen (secondary N) is 2. The maximum atomic E-state index is 12.7. The Kier molecular flexibility index (Phi) is 5.89. The Labute approximate surface area is 171 Å². The van der Waals surface area contributed by atoms with Crippen LogP contribution >= 0.6 is 22.9 Å². The second-order valence-electron chi connectivity index (χ2n) is 5.53. The molecule has 0 radical (unpaired) electrons. The zero-order chi connectivity index (χ0) is 21.1. The molecule has 1 amide bonds. The topological polar surface area (TPSA) is 140 Å². The van der Waals surface area contributed by atoms with E-state index in [0.29, 0.717) is 10.2 Å². The molecule has 0 spiro atoms. The lowest BCUT2D eigenvalue weighted by atomic mass is 10.1. The average molecular weight is 439 g/mol. The molecule has 3 rings (SSSR count). The highest BCUT2D eigenvalue weighted by molar-refractivity contribution is 7.22. The molecule has 150 valence electrons. The number of ether oxygens (including phenoxy) is 1. The summed E-state index contributed by atoms with van der Waals surface area (Å²) < 4.78 is 30.4. The third kappa shape index (κ3) is 4.41. The maximum absolute atomic E-state index is 12.7. The van der Waals surface area contributed by atoms with Crippen molar-refractivity contribution in [1.82, 2.24) is 15.3 Å². The molecule has 12 heteroatoms. The Morgan fingerprint density at radius 1 is 1.34 bits per heavy atom. The van der Waals surface area contributed by atoms with Gasteiger partial charge in [-0.1, -0.05) is 22.9 Å².